The monoisotopic (exact) mass is 192 g/mol. The molecule has 0 saturated carbocycles. The molecule has 6 heteroatoms. The Hall–Kier alpha value is -1.82. The van der Waals surface area contributed by atoms with Gasteiger partial charge in [0, 0.05) is 12.4 Å². The van der Waals surface area contributed by atoms with E-state index in [1.165, 1.54) is 6.33 Å². The van der Waals surface area contributed by atoms with Gasteiger partial charge in [-0.25, -0.2) is 9.97 Å². The van der Waals surface area contributed by atoms with Gasteiger partial charge in [-0.05, 0) is 6.92 Å². The van der Waals surface area contributed by atoms with Gasteiger partial charge in [0.2, 0.25) is 0 Å². The van der Waals surface area contributed by atoms with Gasteiger partial charge in [0.1, 0.15) is 12.4 Å². The summed E-state index contributed by atoms with van der Waals surface area (Å²) in [6.45, 7) is 1.57. The van der Waals surface area contributed by atoms with Crippen LogP contribution in [0.4, 0.5) is 0 Å². The van der Waals surface area contributed by atoms with Crippen LogP contribution < -0.4 is 0 Å². The molecule has 2 aromatic heterocycles. The van der Waals surface area contributed by atoms with Gasteiger partial charge in [-0.15, -0.1) is 0 Å². The second kappa shape index (κ2) is 3.51. The van der Waals surface area contributed by atoms with E-state index in [0.717, 1.165) is 0 Å². The third-order valence-electron chi connectivity index (χ3n) is 1.62. The number of aromatic nitrogens is 4. The zero-order chi connectivity index (χ0) is 9.97. The van der Waals surface area contributed by atoms with Crippen molar-refractivity contribution >= 4 is 0 Å². The topological polar surface area (TPSA) is 84.9 Å². The normalized spacial score (nSPS) is 12.7. The molecular formula is C8H8N4O2. The molecule has 1 unspecified atom stereocenters. The molecule has 0 radical (unpaired) electrons. The molecule has 14 heavy (non-hydrogen) atoms. The third kappa shape index (κ3) is 1.60. The van der Waals surface area contributed by atoms with Gasteiger partial charge < -0.3 is 9.63 Å². The maximum Gasteiger partial charge on any atom is 0.261 e. The summed E-state index contributed by atoms with van der Waals surface area (Å²) in [4.78, 5) is 11.6. The van der Waals surface area contributed by atoms with E-state index in [2.05, 4.69) is 20.1 Å². The second-order valence-electron chi connectivity index (χ2n) is 2.76. The van der Waals surface area contributed by atoms with Crippen molar-refractivity contribution in [3.05, 3.63) is 24.5 Å². The Labute approximate surface area is 79.6 Å². The largest absolute Gasteiger partial charge is 0.385 e. The predicted octanol–water partition coefficient (Wildman–Crippen LogP) is 0.580. The van der Waals surface area contributed by atoms with Crippen molar-refractivity contribution < 1.29 is 9.63 Å². The van der Waals surface area contributed by atoms with Crippen LogP contribution in [0.15, 0.2) is 23.2 Å². The van der Waals surface area contributed by atoms with Gasteiger partial charge in [-0.1, -0.05) is 5.16 Å². The Kier molecular flexibility index (Phi) is 2.19. The highest BCUT2D eigenvalue weighted by Crippen LogP contribution is 2.16. The SMILES string of the molecule is CC(O)c1noc(-c2cncnc2)n1. The zero-order valence-corrected chi connectivity index (χ0v) is 7.45. The molecule has 6 nitrogen and oxygen atoms in total. The van der Waals surface area contributed by atoms with E-state index in [1.54, 1.807) is 19.3 Å². The number of rotatable bonds is 2. The van der Waals surface area contributed by atoms with Gasteiger partial charge in [0.15, 0.2) is 5.82 Å². The molecule has 0 aliphatic rings. The molecule has 0 fully saturated rings. The minimum absolute atomic E-state index is 0.254. The molecule has 0 amide bonds. The molecular weight excluding hydrogens is 184 g/mol. The summed E-state index contributed by atoms with van der Waals surface area (Å²) in [6, 6.07) is 0. The van der Waals surface area contributed by atoms with Crippen LogP contribution in [0.1, 0.15) is 18.9 Å². The van der Waals surface area contributed by atoms with Crippen LogP contribution in [0.25, 0.3) is 11.5 Å². The fraction of sp³-hybridized carbons (Fsp3) is 0.250. The van der Waals surface area contributed by atoms with Gasteiger partial charge in [-0.2, -0.15) is 4.98 Å². The van der Waals surface area contributed by atoms with Crippen LogP contribution in [0.5, 0.6) is 0 Å². The lowest BCUT2D eigenvalue weighted by Gasteiger charge is -1.92. The van der Waals surface area contributed by atoms with E-state index in [0.29, 0.717) is 11.5 Å². The van der Waals surface area contributed by atoms with Gasteiger partial charge in [0.05, 0.1) is 5.56 Å². The van der Waals surface area contributed by atoms with Crippen LogP contribution in [-0.4, -0.2) is 25.2 Å². The summed E-state index contributed by atoms with van der Waals surface area (Å²) < 4.78 is 4.91. The zero-order valence-electron chi connectivity index (χ0n) is 7.45. The Morgan fingerprint density at radius 1 is 1.36 bits per heavy atom. The average Bonchev–Trinajstić information content (AvgIpc) is 2.68. The quantitative estimate of drug-likeness (QED) is 0.749. The fourth-order valence-corrected chi connectivity index (χ4v) is 0.931. The van der Waals surface area contributed by atoms with Crippen molar-refractivity contribution in [2.24, 2.45) is 0 Å². The van der Waals surface area contributed by atoms with E-state index < -0.39 is 6.10 Å². The van der Waals surface area contributed by atoms with Gasteiger partial charge >= 0.3 is 0 Å². The number of nitrogens with zero attached hydrogens (tertiary/aromatic N) is 4. The molecule has 72 valence electrons. The summed E-state index contributed by atoms with van der Waals surface area (Å²) in [6.07, 6.45) is 3.80. The van der Waals surface area contributed by atoms with Crippen molar-refractivity contribution in [3.63, 3.8) is 0 Å². The molecule has 0 bridgehead atoms. The first kappa shape index (κ1) is 8.76. The van der Waals surface area contributed by atoms with Gasteiger partial charge in [0.25, 0.3) is 5.89 Å². The van der Waals surface area contributed by atoms with Crippen LogP contribution >= 0.6 is 0 Å². The van der Waals surface area contributed by atoms with Crippen molar-refractivity contribution in [2.75, 3.05) is 0 Å². The van der Waals surface area contributed by atoms with E-state index >= 15 is 0 Å². The molecule has 1 N–H and O–H groups in total. The van der Waals surface area contributed by atoms with Crippen LogP contribution in [-0.2, 0) is 0 Å². The Bertz CT molecular complexity index is 412. The highest BCUT2D eigenvalue weighted by molar-refractivity contribution is 5.48. The lowest BCUT2D eigenvalue weighted by atomic mass is 10.3. The van der Waals surface area contributed by atoms with E-state index in [1.807, 2.05) is 0 Å². The van der Waals surface area contributed by atoms with E-state index in [4.69, 9.17) is 9.63 Å². The lowest BCUT2D eigenvalue weighted by Crippen LogP contribution is -1.93. The lowest BCUT2D eigenvalue weighted by molar-refractivity contribution is 0.184. The highest BCUT2D eigenvalue weighted by Gasteiger charge is 2.12. The van der Waals surface area contributed by atoms with Crippen molar-refractivity contribution in [1.82, 2.24) is 20.1 Å². The highest BCUT2D eigenvalue weighted by atomic mass is 16.5. The number of hydrogen-bond donors (Lipinski definition) is 1. The molecule has 0 saturated heterocycles. The molecule has 0 aliphatic carbocycles. The van der Waals surface area contributed by atoms with Crippen molar-refractivity contribution in [2.45, 2.75) is 13.0 Å². The molecule has 0 spiro atoms. The Morgan fingerprint density at radius 2 is 2.07 bits per heavy atom. The minimum Gasteiger partial charge on any atom is -0.385 e. The second-order valence-corrected chi connectivity index (χ2v) is 2.76. The third-order valence-corrected chi connectivity index (χ3v) is 1.62. The first-order chi connectivity index (χ1) is 6.77. The standard InChI is InChI=1S/C8H8N4O2/c1-5(13)7-11-8(14-12-7)6-2-9-4-10-3-6/h2-5,13H,1H3. The summed E-state index contributed by atoms with van der Waals surface area (Å²) in [5.74, 6) is 0.561. The van der Waals surface area contributed by atoms with E-state index in [9.17, 15) is 0 Å². The summed E-state index contributed by atoms with van der Waals surface area (Å²) >= 11 is 0. The van der Waals surface area contributed by atoms with Crippen LogP contribution in [0.3, 0.4) is 0 Å². The molecule has 0 aromatic carbocycles. The first-order valence-corrected chi connectivity index (χ1v) is 4.04. The smallest absolute Gasteiger partial charge is 0.261 e. The molecule has 2 rings (SSSR count). The van der Waals surface area contributed by atoms with E-state index in [-0.39, 0.29) is 5.82 Å². The molecule has 1 atom stereocenters. The summed E-state index contributed by atoms with van der Waals surface area (Å²) in [5, 5.41) is 12.8. The molecule has 0 aliphatic heterocycles. The average molecular weight is 192 g/mol. The number of hydrogen-bond acceptors (Lipinski definition) is 6. The number of aliphatic hydroxyl groups excluding tert-OH is 1. The van der Waals surface area contributed by atoms with Crippen molar-refractivity contribution in [3.8, 4) is 11.5 Å². The Balaban J connectivity index is 2.34. The maximum absolute atomic E-state index is 9.17. The summed E-state index contributed by atoms with van der Waals surface area (Å²) in [5.41, 5.74) is 0.631. The Morgan fingerprint density at radius 3 is 2.64 bits per heavy atom. The first-order valence-electron chi connectivity index (χ1n) is 4.04. The molecule has 2 aromatic rings. The summed E-state index contributed by atoms with van der Waals surface area (Å²) in [7, 11) is 0. The fourth-order valence-electron chi connectivity index (χ4n) is 0.931. The predicted molar refractivity (Wildman–Crippen MR) is 46.0 cm³/mol. The minimum atomic E-state index is -0.739. The maximum atomic E-state index is 9.17. The van der Waals surface area contributed by atoms with Crippen LogP contribution in [0.2, 0.25) is 0 Å². The van der Waals surface area contributed by atoms with Gasteiger partial charge in [-0.3, -0.25) is 0 Å². The molecule has 2 heterocycles. The van der Waals surface area contributed by atoms with Crippen LogP contribution in [0, 0.1) is 0 Å². The van der Waals surface area contributed by atoms with Crippen molar-refractivity contribution in [1.29, 1.82) is 0 Å². The number of aliphatic hydroxyl groups is 1.